The van der Waals surface area contributed by atoms with Gasteiger partial charge >= 0.3 is 0 Å². The molecular weight excluding hydrogens is 263 g/mol. The highest BCUT2D eigenvalue weighted by Gasteiger charge is 2.06. The Kier molecular flexibility index (Phi) is 10.3. The van der Waals surface area contributed by atoms with E-state index < -0.39 is 0 Å². The highest BCUT2D eigenvalue weighted by molar-refractivity contribution is 5.85. The Hall–Kier alpha value is -0.650. The summed E-state index contributed by atoms with van der Waals surface area (Å²) in [6, 6.07) is 0.335. The van der Waals surface area contributed by atoms with Gasteiger partial charge in [-0.2, -0.15) is 5.10 Å². The first kappa shape index (κ1) is 18.7. The summed E-state index contributed by atoms with van der Waals surface area (Å²) in [6.45, 7) is 5.72. The van der Waals surface area contributed by atoms with E-state index in [1.165, 1.54) is 0 Å². The number of nitrogens with one attached hydrogen (secondary N) is 1. The molecule has 0 saturated heterocycles. The number of nitrogens with zero attached hydrogens (tertiary/aromatic N) is 2. The van der Waals surface area contributed by atoms with Crippen LogP contribution in [0.2, 0.25) is 0 Å². The average molecular weight is 285 g/mol. The van der Waals surface area contributed by atoms with Crippen molar-refractivity contribution in [2.24, 2.45) is 0 Å². The van der Waals surface area contributed by atoms with E-state index in [0.29, 0.717) is 11.7 Å². The van der Waals surface area contributed by atoms with Crippen molar-refractivity contribution in [3.05, 3.63) is 6.20 Å². The number of aromatic nitrogens is 2. The third-order valence-electron chi connectivity index (χ3n) is 2.11. The molecule has 7 heteroatoms. The molecule has 3 N–H and O–H groups in total. The molecule has 17 heavy (non-hydrogen) atoms. The summed E-state index contributed by atoms with van der Waals surface area (Å²) in [5, 5.41) is 7.53. The van der Waals surface area contributed by atoms with Crippen LogP contribution in [-0.2, 0) is 4.74 Å². The molecule has 0 bridgehead atoms. The number of nitrogen functional groups attached to an aromatic ring is 1. The minimum Gasteiger partial charge on any atom is -0.394 e. The molecule has 1 aromatic heterocycles. The summed E-state index contributed by atoms with van der Waals surface area (Å²) in [4.78, 5) is 0. The van der Waals surface area contributed by atoms with Crippen molar-refractivity contribution < 1.29 is 4.74 Å². The Bertz CT molecular complexity index is 304. The largest absolute Gasteiger partial charge is 0.394 e. The maximum atomic E-state index is 5.82. The molecule has 102 valence electrons. The van der Waals surface area contributed by atoms with Gasteiger partial charge in [-0.3, -0.25) is 4.68 Å². The minimum atomic E-state index is 0. The average Bonchev–Trinajstić information content (AvgIpc) is 2.55. The minimum absolute atomic E-state index is 0. The summed E-state index contributed by atoms with van der Waals surface area (Å²) in [6.07, 6.45) is 2.80. The normalized spacial score (nSPS) is 9.65. The van der Waals surface area contributed by atoms with Gasteiger partial charge in [0.15, 0.2) is 5.82 Å². The van der Waals surface area contributed by atoms with E-state index in [-0.39, 0.29) is 24.8 Å². The fourth-order valence-corrected chi connectivity index (χ4v) is 1.23. The van der Waals surface area contributed by atoms with Gasteiger partial charge in [0, 0.05) is 26.3 Å². The van der Waals surface area contributed by atoms with Crippen LogP contribution in [0, 0.1) is 0 Å². The molecule has 5 nitrogen and oxygen atoms in total. The lowest BCUT2D eigenvalue weighted by atomic mass is 10.4. The molecule has 0 aliphatic rings. The molecule has 1 aromatic rings. The lowest BCUT2D eigenvalue weighted by Gasteiger charge is -2.04. The topological polar surface area (TPSA) is 65.1 Å². The Balaban J connectivity index is 0. The van der Waals surface area contributed by atoms with Crippen LogP contribution in [0.25, 0.3) is 0 Å². The molecule has 0 radical (unpaired) electrons. The molecule has 0 saturated carbocycles. The first-order valence-electron chi connectivity index (χ1n) is 5.22. The second kappa shape index (κ2) is 9.39. The number of anilines is 2. The quantitative estimate of drug-likeness (QED) is 0.787. The van der Waals surface area contributed by atoms with E-state index in [1.807, 2.05) is 10.9 Å². The van der Waals surface area contributed by atoms with Crippen molar-refractivity contribution in [3.63, 3.8) is 0 Å². The molecule has 1 heterocycles. The Morgan fingerprint density at radius 2 is 2.12 bits per heavy atom. The summed E-state index contributed by atoms with van der Waals surface area (Å²) in [5.74, 6) is 0.764. The molecule has 0 atom stereocenters. The van der Waals surface area contributed by atoms with Crippen LogP contribution >= 0.6 is 24.8 Å². The van der Waals surface area contributed by atoms with Crippen LogP contribution in [-0.4, -0.2) is 30.0 Å². The number of ether oxygens (including phenoxy) is 1. The summed E-state index contributed by atoms with van der Waals surface area (Å²) < 4.78 is 6.81. The van der Waals surface area contributed by atoms with Gasteiger partial charge in [0.1, 0.15) is 0 Å². The SMILES string of the molecule is COCCCNc1nn(C(C)C)cc1N.Cl.Cl. The van der Waals surface area contributed by atoms with Crippen LogP contribution in [0.5, 0.6) is 0 Å². The van der Waals surface area contributed by atoms with Crippen molar-refractivity contribution >= 4 is 36.3 Å². The first-order chi connectivity index (χ1) is 7.15. The fraction of sp³-hybridized carbons (Fsp3) is 0.700. The van der Waals surface area contributed by atoms with Gasteiger partial charge < -0.3 is 15.8 Å². The molecule has 0 spiro atoms. The van der Waals surface area contributed by atoms with Gasteiger partial charge in [-0.05, 0) is 20.3 Å². The van der Waals surface area contributed by atoms with Crippen molar-refractivity contribution in [1.82, 2.24) is 9.78 Å². The van der Waals surface area contributed by atoms with Crippen molar-refractivity contribution in [3.8, 4) is 0 Å². The third kappa shape index (κ3) is 6.00. The number of rotatable bonds is 6. The predicted molar refractivity (Wildman–Crippen MR) is 76.5 cm³/mol. The summed E-state index contributed by atoms with van der Waals surface area (Å²) in [5.41, 5.74) is 6.51. The van der Waals surface area contributed by atoms with Gasteiger partial charge in [0.2, 0.25) is 0 Å². The Morgan fingerprint density at radius 1 is 1.47 bits per heavy atom. The molecular formula is C10H22Cl2N4O. The zero-order valence-electron chi connectivity index (χ0n) is 10.5. The third-order valence-corrected chi connectivity index (χ3v) is 2.11. The molecule has 0 unspecified atom stereocenters. The van der Waals surface area contributed by atoms with Crippen LogP contribution in [0.15, 0.2) is 6.20 Å². The van der Waals surface area contributed by atoms with E-state index >= 15 is 0 Å². The number of methoxy groups -OCH3 is 1. The number of nitrogens with two attached hydrogens (primary N) is 1. The van der Waals surface area contributed by atoms with Crippen LogP contribution in [0.4, 0.5) is 11.5 Å². The Morgan fingerprint density at radius 3 is 2.59 bits per heavy atom. The van der Waals surface area contributed by atoms with Crippen LogP contribution in [0.1, 0.15) is 26.3 Å². The van der Waals surface area contributed by atoms with Crippen molar-refractivity contribution in [2.45, 2.75) is 26.3 Å². The molecule has 0 fully saturated rings. The molecule has 0 aliphatic carbocycles. The monoisotopic (exact) mass is 284 g/mol. The van der Waals surface area contributed by atoms with Crippen LogP contribution < -0.4 is 11.1 Å². The van der Waals surface area contributed by atoms with E-state index in [9.17, 15) is 0 Å². The highest BCUT2D eigenvalue weighted by atomic mass is 35.5. The summed E-state index contributed by atoms with van der Waals surface area (Å²) in [7, 11) is 1.70. The van der Waals surface area contributed by atoms with E-state index in [1.54, 1.807) is 7.11 Å². The highest BCUT2D eigenvalue weighted by Crippen LogP contribution is 2.17. The second-order valence-corrected chi connectivity index (χ2v) is 3.78. The predicted octanol–water partition coefficient (Wildman–Crippen LogP) is 2.34. The van der Waals surface area contributed by atoms with Crippen molar-refractivity contribution in [1.29, 1.82) is 0 Å². The smallest absolute Gasteiger partial charge is 0.171 e. The molecule has 1 rings (SSSR count). The Labute approximate surface area is 115 Å². The van der Waals surface area contributed by atoms with E-state index in [0.717, 1.165) is 25.4 Å². The molecule has 0 amide bonds. The molecule has 0 aliphatic heterocycles. The first-order valence-corrected chi connectivity index (χ1v) is 5.22. The molecule has 0 aromatic carbocycles. The zero-order valence-corrected chi connectivity index (χ0v) is 12.1. The maximum Gasteiger partial charge on any atom is 0.171 e. The van der Waals surface area contributed by atoms with Gasteiger partial charge in [-0.25, -0.2) is 0 Å². The van der Waals surface area contributed by atoms with E-state index in [2.05, 4.69) is 24.3 Å². The number of hydrogen-bond donors (Lipinski definition) is 2. The van der Waals surface area contributed by atoms with E-state index in [4.69, 9.17) is 10.5 Å². The maximum absolute atomic E-state index is 5.82. The van der Waals surface area contributed by atoms with Gasteiger partial charge in [0.05, 0.1) is 11.9 Å². The standard InChI is InChI=1S/C10H20N4O.2ClH/c1-8(2)14-7-9(11)10(13-14)12-5-4-6-15-3;;/h7-8H,4-6,11H2,1-3H3,(H,12,13);2*1H. The van der Waals surface area contributed by atoms with Gasteiger partial charge in [-0.15, -0.1) is 24.8 Å². The lowest BCUT2D eigenvalue weighted by Crippen LogP contribution is -2.07. The zero-order chi connectivity index (χ0) is 11.3. The van der Waals surface area contributed by atoms with Gasteiger partial charge in [0.25, 0.3) is 0 Å². The van der Waals surface area contributed by atoms with Crippen LogP contribution in [0.3, 0.4) is 0 Å². The van der Waals surface area contributed by atoms with Crippen molar-refractivity contribution in [2.75, 3.05) is 31.3 Å². The summed E-state index contributed by atoms with van der Waals surface area (Å²) >= 11 is 0. The van der Waals surface area contributed by atoms with Gasteiger partial charge in [-0.1, -0.05) is 0 Å². The fourth-order valence-electron chi connectivity index (χ4n) is 1.23. The lowest BCUT2D eigenvalue weighted by molar-refractivity contribution is 0.197. The second-order valence-electron chi connectivity index (χ2n) is 3.78. The number of hydrogen-bond acceptors (Lipinski definition) is 4. The number of halogens is 2.